The van der Waals surface area contributed by atoms with Gasteiger partial charge in [-0.3, -0.25) is 4.79 Å². The second-order valence-electron chi connectivity index (χ2n) is 3.88. The van der Waals surface area contributed by atoms with E-state index < -0.39 is 0 Å². The summed E-state index contributed by atoms with van der Waals surface area (Å²) >= 11 is 0. The Bertz CT molecular complexity index is 350. The van der Waals surface area contributed by atoms with Gasteiger partial charge in [-0.15, -0.1) is 0 Å². The molecule has 2 rings (SSSR count). The highest BCUT2D eigenvalue weighted by atomic mass is 16.5. The van der Waals surface area contributed by atoms with Crippen LogP contribution in [0.4, 0.5) is 0 Å². The number of hydrogen-bond donors (Lipinski definition) is 0. The fraction of sp³-hybridized carbons (Fsp3) is 0.462. The second kappa shape index (κ2) is 5.12. The van der Waals surface area contributed by atoms with Crippen LogP contribution < -0.4 is 4.74 Å². The van der Waals surface area contributed by atoms with E-state index in [0.29, 0.717) is 19.8 Å². The van der Waals surface area contributed by atoms with E-state index in [2.05, 4.69) is 0 Å². The quantitative estimate of drug-likeness (QED) is 0.730. The molecule has 0 radical (unpaired) electrons. The van der Waals surface area contributed by atoms with Crippen molar-refractivity contribution in [1.29, 1.82) is 0 Å². The molecule has 0 amide bonds. The summed E-state index contributed by atoms with van der Waals surface area (Å²) in [6, 6.07) is 7.33. The molecule has 1 unspecified atom stereocenters. The largest absolute Gasteiger partial charge is 0.494 e. The van der Waals surface area contributed by atoms with Gasteiger partial charge in [0.05, 0.1) is 13.2 Å². The molecular formula is C13H16O3. The number of carbonyl (C=O) groups is 1. The van der Waals surface area contributed by atoms with Crippen molar-refractivity contribution in [3.05, 3.63) is 29.8 Å². The van der Waals surface area contributed by atoms with Gasteiger partial charge < -0.3 is 9.47 Å². The number of carbonyl (C=O) groups excluding carboxylic acids is 1. The van der Waals surface area contributed by atoms with Crippen LogP contribution in [0, 0.1) is 5.92 Å². The Kier molecular flexibility index (Phi) is 3.57. The number of Topliss-reactive ketones (excluding diaryl/α,β-unsaturated/α-hetero) is 1. The lowest BCUT2D eigenvalue weighted by atomic mass is 9.97. The molecule has 0 N–H and O–H groups in total. The molecule has 1 saturated heterocycles. The summed E-state index contributed by atoms with van der Waals surface area (Å²) in [7, 11) is 0. The van der Waals surface area contributed by atoms with Gasteiger partial charge in [0, 0.05) is 18.1 Å². The first-order valence-electron chi connectivity index (χ1n) is 5.66. The number of benzene rings is 1. The summed E-state index contributed by atoms with van der Waals surface area (Å²) in [5.74, 6) is 1.03. The van der Waals surface area contributed by atoms with Gasteiger partial charge in [0.2, 0.25) is 0 Å². The highest BCUT2D eigenvalue weighted by molar-refractivity contribution is 5.98. The molecule has 16 heavy (non-hydrogen) atoms. The van der Waals surface area contributed by atoms with Crippen molar-refractivity contribution in [1.82, 2.24) is 0 Å². The molecule has 3 nitrogen and oxygen atoms in total. The summed E-state index contributed by atoms with van der Waals surface area (Å²) in [4.78, 5) is 12.0. The Morgan fingerprint density at radius 1 is 1.44 bits per heavy atom. The van der Waals surface area contributed by atoms with Gasteiger partial charge in [-0.05, 0) is 37.6 Å². The zero-order valence-corrected chi connectivity index (χ0v) is 9.44. The average molecular weight is 220 g/mol. The molecule has 1 aromatic carbocycles. The molecule has 0 aliphatic carbocycles. The maximum Gasteiger partial charge on any atom is 0.168 e. The molecule has 1 aromatic rings. The van der Waals surface area contributed by atoms with Crippen LogP contribution in [0.15, 0.2) is 24.3 Å². The van der Waals surface area contributed by atoms with E-state index in [0.717, 1.165) is 17.7 Å². The third-order valence-corrected chi connectivity index (χ3v) is 2.75. The van der Waals surface area contributed by atoms with E-state index in [1.54, 1.807) is 0 Å². The Morgan fingerprint density at radius 2 is 2.19 bits per heavy atom. The molecule has 1 atom stereocenters. The molecule has 1 fully saturated rings. The van der Waals surface area contributed by atoms with Gasteiger partial charge in [0.1, 0.15) is 5.75 Å². The Morgan fingerprint density at radius 3 is 2.75 bits per heavy atom. The molecule has 86 valence electrons. The minimum absolute atomic E-state index is 0.0398. The van der Waals surface area contributed by atoms with Crippen molar-refractivity contribution in [3.63, 3.8) is 0 Å². The van der Waals surface area contributed by atoms with Gasteiger partial charge in [-0.1, -0.05) is 0 Å². The Balaban J connectivity index is 2.05. The number of ether oxygens (including phenoxy) is 2. The van der Waals surface area contributed by atoms with Crippen molar-refractivity contribution < 1.29 is 14.3 Å². The van der Waals surface area contributed by atoms with Crippen LogP contribution in [0.3, 0.4) is 0 Å². The Hall–Kier alpha value is -1.35. The number of hydrogen-bond acceptors (Lipinski definition) is 3. The SMILES string of the molecule is CCOc1ccc(C(=O)C2CCOC2)cc1. The van der Waals surface area contributed by atoms with Gasteiger partial charge in [0.25, 0.3) is 0 Å². The molecule has 0 saturated carbocycles. The third kappa shape index (κ3) is 2.42. The van der Waals surface area contributed by atoms with Crippen molar-refractivity contribution >= 4 is 5.78 Å². The third-order valence-electron chi connectivity index (χ3n) is 2.75. The summed E-state index contributed by atoms with van der Waals surface area (Å²) in [5.41, 5.74) is 0.749. The van der Waals surface area contributed by atoms with E-state index >= 15 is 0 Å². The Labute approximate surface area is 95.4 Å². The zero-order valence-electron chi connectivity index (χ0n) is 9.44. The van der Waals surface area contributed by atoms with Crippen molar-refractivity contribution in [2.75, 3.05) is 19.8 Å². The van der Waals surface area contributed by atoms with Crippen molar-refractivity contribution in [2.24, 2.45) is 5.92 Å². The second-order valence-corrected chi connectivity index (χ2v) is 3.88. The predicted octanol–water partition coefficient (Wildman–Crippen LogP) is 2.30. The first-order chi connectivity index (χ1) is 7.81. The number of rotatable bonds is 4. The molecule has 0 bridgehead atoms. The lowest BCUT2D eigenvalue weighted by Crippen LogP contribution is -2.14. The zero-order chi connectivity index (χ0) is 11.4. The van der Waals surface area contributed by atoms with Crippen LogP contribution >= 0.6 is 0 Å². The van der Waals surface area contributed by atoms with Crippen molar-refractivity contribution in [2.45, 2.75) is 13.3 Å². The molecule has 0 aromatic heterocycles. The maximum atomic E-state index is 12.0. The van der Waals surface area contributed by atoms with Crippen LogP contribution in [-0.4, -0.2) is 25.6 Å². The summed E-state index contributed by atoms with van der Waals surface area (Å²) in [5, 5.41) is 0. The molecule has 1 heterocycles. The van der Waals surface area contributed by atoms with E-state index in [1.165, 1.54) is 0 Å². The fourth-order valence-electron chi connectivity index (χ4n) is 1.86. The first-order valence-corrected chi connectivity index (χ1v) is 5.66. The summed E-state index contributed by atoms with van der Waals surface area (Å²) < 4.78 is 10.5. The maximum absolute atomic E-state index is 12.0. The van der Waals surface area contributed by atoms with Gasteiger partial charge in [0.15, 0.2) is 5.78 Å². The summed E-state index contributed by atoms with van der Waals surface area (Å²) in [6.45, 7) is 3.85. The monoisotopic (exact) mass is 220 g/mol. The molecule has 0 spiro atoms. The van der Waals surface area contributed by atoms with Crippen LogP contribution in [0.5, 0.6) is 5.75 Å². The summed E-state index contributed by atoms with van der Waals surface area (Å²) in [6.07, 6.45) is 0.839. The normalized spacial score (nSPS) is 19.7. The van der Waals surface area contributed by atoms with Crippen LogP contribution in [0.1, 0.15) is 23.7 Å². The molecule has 1 aliphatic heterocycles. The van der Waals surface area contributed by atoms with Gasteiger partial charge in [-0.25, -0.2) is 0 Å². The lowest BCUT2D eigenvalue weighted by Gasteiger charge is -2.07. The molecule has 1 aliphatic rings. The average Bonchev–Trinajstić information content (AvgIpc) is 2.83. The smallest absolute Gasteiger partial charge is 0.168 e. The topological polar surface area (TPSA) is 35.5 Å². The van der Waals surface area contributed by atoms with Crippen LogP contribution in [-0.2, 0) is 4.74 Å². The van der Waals surface area contributed by atoms with Gasteiger partial charge in [-0.2, -0.15) is 0 Å². The van der Waals surface area contributed by atoms with Crippen LogP contribution in [0.25, 0.3) is 0 Å². The van der Waals surface area contributed by atoms with E-state index in [9.17, 15) is 4.79 Å². The van der Waals surface area contributed by atoms with Crippen LogP contribution in [0.2, 0.25) is 0 Å². The van der Waals surface area contributed by atoms with Crippen molar-refractivity contribution in [3.8, 4) is 5.75 Å². The first kappa shape index (κ1) is 11.1. The highest BCUT2D eigenvalue weighted by Gasteiger charge is 2.24. The minimum Gasteiger partial charge on any atom is -0.494 e. The highest BCUT2D eigenvalue weighted by Crippen LogP contribution is 2.20. The number of ketones is 1. The standard InChI is InChI=1S/C13H16O3/c1-2-16-12-5-3-10(4-6-12)13(14)11-7-8-15-9-11/h3-6,11H,2,7-9H2,1H3. The van der Waals surface area contributed by atoms with E-state index in [-0.39, 0.29) is 11.7 Å². The lowest BCUT2D eigenvalue weighted by molar-refractivity contribution is 0.0900. The van der Waals surface area contributed by atoms with E-state index in [1.807, 2.05) is 31.2 Å². The minimum atomic E-state index is 0.0398. The molecule has 3 heteroatoms. The van der Waals surface area contributed by atoms with Gasteiger partial charge >= 0.3 is 0 Å². The van der Waals surface area contributed by atoms with E-state index in [4.69, 9.17) is 9.47 Å². The fourth-order valence-corrected chi connectivity index (χ4v) is 1.86. The predicted molar refractivity (Wildman–Crippen MR) is 60.9 cm³/mol. The molecular weight excluding hydrogens is 204 g/mol.